The molecule has 5 nitrogen and oxygen atoms in total. The van der Waals surface area contributed by atoms with Crippen LogP contribution in [0.15, 0.2) is 48.7 Å². The Hall–Kier alpha value is -3.08. The number of hydrogen-bond acceptors (Lipinski definition) is 4. The number of benzene rings is 2. The minimum atomic E-state index is 0.170. The molecule has 156 valence electrons. The van der Waals surface area contributed by atoms with Crippen LogP contribution in [0.4, 0.5) is 0 Å². The van der Waals surface area contributed by atoms with Crippen LogP contribution in [0.25, 0.3) is 10.8 Å². The molecule has 1 saturated heterocycles. The third kappa shape index (κ3) is 4.11. The molecule has 1 aliphatic rings. The van der Waals surface area contributed by atoms with Crippen LogP contribution >= 0.6 is 0 Å². The third-order valence-electron chi connectivity index (χ3n) is 6.07. The SMILES string of the molecule is COc1ccc(CC(=O)N2CCCC(c3cc4c(C)c(OC)ccc4cn3)C2)cc1. The van der Waals surface area contributed by atoms with Gasteiger partial charge in [-0.2, -0.15) is 0 Å². The van der Waals surface area contributed by atoms with Crippen LogP contribution in [0, 0.1) is 6.92 Å². The van der Waals surface area contributed by atoms with E-state index in [0.29, 0.717) is 6.42 Å². The fraction of sp³-hybridized carbons (Fsp3) is 0.360. The molecule has 0 N–H and O–H groups in total. The first-order valence-corrected chi connectivity index (χ1v) is 10.4. The number of hydrogen-bond donors (Lipinski definition) is 0. The first kappa shape index (κ1) is 20.2. The largest absolute Gasteiger partial charge is 0.497 e. The lowest BCUT2D eigenvalue weighted by Crippen LogP contribution is -2.40. The molecule has 1 aromatic heterocycles. The Bertz CT molecular complexity index is 1050. The molecular formula is C25H28N2O3. The monoisotopic (exact) mass is 404 g/mol. The number of ether oxygens (including phenoxy) is 2. The Kier molecular flexibility index (Phi) is 5.88. The van der Waals surface area contributed by atoms with Crippen molar-refractivity contribution in [3.63, 3.8) is 0 Å². The van der Waals surface area contributed by atoms with Gasteiger partial charge in [-0.1, -0.05) is 12.1 Å². The second-order valence-corrected chi connectivity index (χ2v) is 7.93. The van der Waals surface area contributed by atoms with E-state index in [1.807, 2.05) is 47.5 Å². The highest BCUT2D eigenvalue weighted by atomic mass is 16.5. The molecule has 1 atom stereocenters. The van der Waals surface area contributed by atoms with Crippen molar-refractivity contribution >= 4 is 16.7 Å². The molecule has 2 aromatic carbocycles. The number of nitrogens with zero attached hydrogens (tertiary/aromatic N) is 2. The molecule has 30 heavy (non-hydrogen) atoms. The number of fused-ring (bicyclic) bond motifs is 1. The molecule has 0 aliphatic carbocycles. The molecule has 1 aliphatic heterocycles. The van der Waals surface area contributed by atoms with Crippen LogP contribution < -0.4 is 9.47 Å². The van der Waals surface area contributed by atoms with Gasteiger partial charge in [-0.15, -0.1) is 0 Å². The molecule has 5 heteroatoms. The van der Waals surface area contributed by atoms with Crippen molar-refractivity contribution < 1.29 is 14.3 Å². The van der Waals surface area contributed by atoms with Gasteiger partial charge in [-0.3, -0.25) is 9.78 Å². The van der Waals surface area contributed by atoms with Gasteiger partial charge in [0.2, 0.25) is 5.91 Å². The predicted octanol–water partition coefficient (Wildman–Crippen LogP) is 4.51. The zero-order chi connectivity index (χ0) is 21.1. The van der Waals surface area contributed by atoms with Crippen LogP contribution in [0.3, 0.4) is 0 Å². The Morgan fingerprint density at radius 2 is 1.93 bits per heavy atom. The molecule has 0 bridgehead atoms. The molecular weight excluding hydrogens is 376 g/mol. The Morgan fingerprint density at radius 3 is 2.67 bits per heavy atom. The number of amides is 1. The number of aromatic nitrogens is 1. The molecule has 1 amide bonds. The maximum atomic E-state index is 12.9. The van der Waals surface area contributed by atoms with Gasteiger partial charge in [-0.25, -0.2) is 0 Å². The van der Waals surface area contributed by atoms with E-state index in [9.17, 15) is 4.79 Å². The summed E-state index contributed by atoms with van der Waals surface area (Å²) in [5.41, 5.74) is 3.19. The van der Waals surface area contributed by atoms with Crippen LogP contribution in [-0.2, 0) is 11.2 Å². The number of carbonyl (C=O) groups is 1. The van der Waals surface area contributed by atoms with Gasteiger partial charge < -0.3 is 14.4 Å². The summed E-state index contributed by atoms with van der Waals surface area (Å²) < 4.78 is 10.7. The lowest BCUT2D eigenvalue weighted by atomic mass is 9.92. The summed E-state index contributed by atoms with van der Waals surface area (Å²) >= 11 is 0. The number of piperidine rings is 1. The Morgan fingerprint density at radius 1 is 1.13 bits per heavy atom. The fourth-order valence-electron chi connectivity index (χ4n) is 4.28. The number of carbonyl (C=O) groups excluding carboxylic acids is 1. The average Bonchev–Trinajstić information content (AvgIpc) is 2.80. The number of aryl methyl sites for hydroxylation is 1. The highest BCUT2D eigenvalue weighted by Gasteiger charge is 2.26. The first-order valence-electron chi connectivity index (χ1n) is 10.4. The number of pyridine rings is 1. The second kappa shape index (κ2) is 8.74. The van der Waals surface area contributed by atoms with Gasteiger partial charge in [0, 0.05) is 36.3 Å². The van der Waals surface area contributed by atoms with Gasteiger partial charge in [0.05, 0.1) is 20.6 Å². The van der Waals surface area contributed by atoms with Crippen molar-refractivity contribution in [3.8, 4) is 11.5 Å². The summed E-state index contributed by atoms with van der Waals surface area (Å²) in [5.74, 6) is 2.12. The topological polar surface area (TPSA) is 51.7 Å². The molecule has 1 fully saturated rings. The van der Waals surface area contributed by atoms with E-state index < -0.39 is 0 Å². The maximum Gasteiger partial charge on any atom is 0.227 e. The van der Waals surface area contributed by atoms with E-state index in [1.165, 1.54) is 5.39 Å². The third-order valence-corrected chi connectivity index (χ3v) is 6.07. The summed E-state index contributed by atoms with van der Waals surface area (Å²) in [6.07, 6.45) is 4.40. The molecule has 4 rings (SSSR count). The summed E-state index contributed by atoms with van der Waals surface area (Å²) in [7, 11) is 3.34. The first-order chi connectivity index (χ1) is 14.6. The van der Waals surface area contributed by atoms with Crippen LogP contribution in [-0.4, -0.2) is 43.1 Å². The van der Waals surface area contributed by atoms with Crippen LogP contribution in [0.5, 0.6) is 11.5 Å². The molecule has 2 heterocycles. The van der Waals surface area contributed by atoms with E-state index >= 15 is 0 Å². The van der Waals surface area contributed by atoms with Crippen LogP contribution in [0.1, 0.15) is 35.6 Å². The fourth-order valence-corrected chi connectivity index (χ4v) is 4.28. The van der Waals surface area contributed by atoms with Gasteiger partial charge >= 0.3 is 0 Å². The molecule has 0 spiro atoms. The highest BCUT2D eigenvalue weighted by molar-refractivity contribution is 5.87. The number of methoxy groups -OCH3 is 2. The lowest BCUT2D eigenvalue weighted by molar-refractivity contribution is -0.131. The average molecular weight is 405 g/mol. The van der Waals surface area contributed by atoms with Crippen LogP contribution in [0.2, 0.25) is 0 Å². The minimum absolute atomic E-state index is 0.170. The van der Waals surface area contributed by atoms with Crippen molar-refractivity contribution in [2.45, 2.75) is 32.1 Å². The van der Waals surface area contributed by atoms with Crippen molar-refractivity contribution in [1.29, 1.82) is 0 Å². The zero-order valence-electron chi connectivity index (χ0n) is 17.9. The zero-order valence-corrected chi connectivity index (χ0v) is 17.9. The molecule has 1 unspecified atom stereocenters. The van der Waals surface area contributed by atoms with E-state index in [0.717, 1.165) is 59.6 Å². The maximum absolute atomic E-state index is 12.9. The standard InChI is InChI=1S/C25H28N2O3/c1-17-22-14-23(26-15-19(22)8-11-24(17)30-3)20-5-4-12-27(16-20)25(28)13-18-6-9-21(29-2)10-7-18/h6-11,14-15,20H,4-5,12-13,16H2,1-3H3. The van der Waals surface area contributed by atoms with Crippen molar-refractivity contribution in [1.82, 2.24) is 9.88 Å². The molecule has 0 saturated carbocycles. The van der Waals surface area contributed by atoms with E-state index in [1.54, 1.807) is 14.2 Å². The summed E-state index contributed by atoms with van der Waals surface area (Å²) in [5, 5.41) is 2.28. The van der Waals surface area contributed by atoms with Crippen molar-refractivity contribution in [3.05, 3.63) is 65.5 Å². The Labute approximate surface area is 177 Å². The van der Waals surface area contributed by atoms with E-state index in [2.05, 4.69) is 13.0 Å². The van der Waals surface area contributed by atoms with E-state index in [-0.39, 0.29) is 11.8 Å². The predicted molar refractivity (Wildman–Crippen MR) is 118 cm³/mol. The highest BCUT2D eigenvalue weighted by Crippen LogP contribution is 2.31. The minimum Gasteiger partial charge on any atom is -0.497 e. The van der Waals surface area contributed by atoms with Crippen molar-refractivity contribution in [2.75, 3.05) is 27.3 Å². The van der Waals surface area contributed by atoms with Gasteiger partial charge in [0.25, 0.3) is 0 Å². The Balaban J connectivity index is 1.50. The number of likely N-dealkylation sites (tertiary alicyclic amines) is 1. The summed E-state index contributed by atoms with van der Waals surface area (Å²) in [6, 6.07) is 13.9. The van der Waals surface area contributed by atoms with E-state index in [4.69, 9.17) is 14.5 Å². The van der Waals surface area contributed by atoms with Gasteiger partial charge in [0.1, 0.15) is 11.5 Å². The summed E-state index contributed by atoms with van der Waals surface area (Å²) in [6.45, 7) is 3.61. The normalized spacial score (nSPS) is 16.5. The second-order valence-electron chi connectivity index (χ2n) is 7.93. The summed E-state index contributed by atoms with van der Waals surface area (Å²) in [4.78, 5) is 19.6. The molecule has 3 aromatic rings. The van der Waals surface area contributed by atoms with Gasteiger partial charge in [-0.05, 0) is 66.6 Å². The molecule has 0 radical (unpaired) electrons. The van der Waals surface area contributed by atoms with Crippen molar-refractivity contribution in [2.24, 2.45) is 0 Å². The smallest absolute Gasteiger partial charge is 0.227 e. The number of rotatable bonds is 5. The lowest BCUT2D eigenvalue weighted by Gasteiger charge is -2.32. The quantitative estimate of drug-likeness (QED) is 0.628. The van der Waals surface area contributed by atoms with Gasteiger partial charge in [0.15, 0.2) is 0 Å².